The number of aromatic nitrogens is 2. The van der Waals surface area contributed by atoms with Crippen molar-refractivity contribution < 1.29 is 14.0 Å². The van der Waals surface area contributed by atoms with Crippen LogP contribution in [0, 0.1) is 0 Å². The zero-order chi connectivity index (χ0) is 18.4. The first-order valence-electron chi connectivity index (χ1n) is 7.71. The summed E-state index contributed by atoms with van der Waals surface area (Å²) in [7, 11) is 1.53. The van der Waals surface area contributed by atoms with Crippen LogP contribution in [0.1, 0.15) is 16.1 Å². The van der Waals surface area contributed by atoms with E-state index in [1.54, 1.807) is 23.9 Å². The van der Waals surface area contributed by atoms with Crippen molar-refractivity contribution in [2.24, 2.45) is 0 Å². The summed E-state index contributed by atoms with van der Waals surface area (Å²) in [6, 6.07) is 13.2. The molecule has 2 heterocycles. The van der Waals surface area contributed by atoms with E-state index in [1.807, 2.05) is 30.3 Å². The predicted molar refractivity (Wildman–Crippen MR) is 100 cm³/mol. The van der Waals surface area contributed by atoms with Gasteiger partial charge in [0.1, 0.15) is 6.54 Å². The standard InChI is InChI=1S/C17H16N4O3S2/c1-21(15(23)13-8-5-9-24-13)10-14(22)18-16-19-20-17(26-16)25-11-12-6-3-2-4-7-12/h2-9H,10-11H2,1H3,(H,18,19,22). The molecule has 7 nitrogen and oxygen atoms in total. The quantitative estimate of drug-likeness (QED) is 0.494. The molecule has 1 aromatic carbocycles. The maximum atomic E-state index is 12.1. The normalized spacial score (nSPS) is 10.5. The zero-order valence-corrected chi connectivity index (χ0v) is 15.5. The molecule has 9 heteroatoms. The second kappa shape index (κ2) is 8.63. The highest BCUT2D eigenvalue weighted by atomic mass is 32.2. The number of nitrogens with one attached hydrogen (secondary N) is 1. The summed E-state index contributed by atoms with van der Waals surface area (Å²) < 4.78 is 5.80. The van der Waals surface area contributed by atoms with Gasteiger partial charge >= 0.3 is 0 Å². The molecule has 3 rings (SSSR count). The van der Waals surface area contributed by atoms with Gasteiger partial charge in [-0.3, -0.25) is 14.9 Å². The topological polar surface area (TPSA) is 88.3 Å². The van der Waals surface area contributed by atoms with E-state index in [2.05, 4.69) is 15.5 Å². The Balaban J connectivity index is 1.49. The van der Waals surface area contributed by atoms with Crippen molar-refractivity contribution in [3.63, 3.8) is 0 Å². The van der Waals surface area contributed by atoms with Gasteiger partial charge in [-0.1, -0.05) is 53.4 Å². The van der Waals surface area contributed by atoms with E-state index < -0.39 is 0 Å². The molecular weight excluding hydrogens is 372 g/mol. The molecule has 2 amide bonds. The van der Waals surface area contributed by atoms with Gasteiger partial charge in [0.2, 0.25) is 11.0 Å². The molecule has 134 valence electrons. The van der Waals surface area contributed by atoms with Gasteiger partial charge in [-0.2, -0.15) is 0 Å². The summed E-state index contributed by atoms with van der Waals surface area (Å²) in [5, 5.41) is 11.1. The van der Waals surface area contributed by atoms with Gasteiger partial charge < -0.3 is 9.32 Å². The monoisotopic (exact) mass is 388 g/mol. The van der Waals surface area contributed by atoms with Crippen LogP contribution in [-0.4, -0.2) is 40.5 Å². The Morgan fingerprint density at radius 1 is 1.19 bits per heavy atom. The molecule has 2 aromatic heterocycles. The van der Waals surface area contributed by atoms with E-state index >= 15 is 0 Å². The van der Waals surface area contributed by atoms with Crippen molar-refractivity contribution >= 4 is 40.0 Å². The van der Waals surface area contributed by atoms with E-state index in [-0.39, 0.29) is 24.1 Å². The largest absolute Gasteiger partial charge is 0.459 e. The minimum absolute atomic E-state index is 0.106. The number of amides is 2. The summed E-state index contributed by atoms with van der Waals surface area (Å²) in [5.41, 5.74) is 1.19. The van der Waals surface area contributed by atoms with Crippen molar-refractivity contribution in [2.75, 3.05) is 18.9 Å². The molecule has 0 aliphatic carbocycles. The molecule has 3 aromatic rings. The SMILES string of the molecule is CN(CC(=O)Nc1nnc(SCc2ccccc2)s1)C(=O)c1ccco1. The van der Waals surface area contributed by atoms with Crippen LogP contribution in [0.25, 0.3) is 0 Å². The molecule has 0 saturated heterocycles. The van der Waals surface area contributed by atoms with Crippen LogP contribution in [0.5, 0.6) is 0 Å². The number of hydrogen-bond acceptors (Lipinski definition) is 7. The second-order valence-electron chi connectivity index (χ2n) is 5.33. The molecule has 0 saturated carbocycles. The van der Waals surface area contributed by atoms with Gasteiger partial charge in [-0.05, 0) is 17.7 Å². The third kappa shape index (κ3) is 4.93. The molecule has 0 aliphatic rings. The summed E-state index contributed by atoms with van der Waals surface area (Å²) in [4.78, 5) is 25.4. The number of rotatable bonds is 7. The van der Waals surface area contributed by atoms with Crippen molar-refractivity contribution in [1.29, 1.82) is 0 Å². The van der Waals surface area contributed by atoms with Gasteiger partial charge in [0.05, 0.1) is 6.26 Å². The smallest absolute Gasteiger partial charge is 0.289 e. The van der Waals surface area contributed by atoms with Crippen LogP contribution >= 0.6 is 23.1 Å². The van der Waals surface area contributed by atoms with Crippen LogP contribution < -0.4 is 5.32 Å². The third-order valence-electron chi connectivity index (χ3n) is 3.32. The zero-order valence-electron chi connectivity index (χ0n) is 13.9. The average Bonchev–Trinajstić information content (AvgIpc) is 3.32. The van der Waals surface area contributed by atoms with Gasteiger partial charge in [0.25, 0.3) is 5.91 Å². The summed E-state index contributed by atoms with van der Waals surface area (Å²) in [5.74, 6) is 0.268. The first kappa shape index (κ1) is 18.2. The summed E-state index contributed by atoms with van der Waals surface area (Å²) in [6.45, 7) is -0.106. The van der Waals surface area contributed by atoms with Gasteiger partial charge in [0, 0.05) is 12.8 Å². The Morgan fingerprint density at radius 2 is 2.00 bits per heavy atom. The van der Waals surface area contributed by atoms with Gasteiger partial charge in [-0.25, -0.2) is 0 Å². The molecule has 0 radical (unpaired) electrons. The van der Waals surface area contributed by atoms with Crippen LogP contribution in [0.15, 0.2) is 57.5 Å². The predicted octanol–water partition coefficient (Wildman–Crippen LogP) is 3.13. The molecule has 0 unspecified atom stereocenters. The molecular formula is C17H16N4O3S2. The van der Waals surface area contributed by atoms with E-state index in [0.717, 1.165) is 10.1 Å². The Labute approximate surface area is 158 Å². The minimum atomic E-state index is -0.360. The molecule has 0 fully saturated rings. The van der Waals surface area contributed by atoms with Gasteiger partial charge in [-0.15, -0.1) is 10.2 Å². The Morgan fingerprint density at radius 3 is 2.73 bits per heavy atom. The van der Waals surface area contributed by atoms with Gasteiger partial charge in [0.15, 0.2) is 10.1 Å². The lowest BCUT2D eigenvalue weighted by Gasteiger charge is -2.14. The number of carbonyl (C=O) groups excluding carboxylic acids is 2. The fourth-order valence-corrected chi connectivity index (χ4v) is 3.80. The fourth-order valence-electron chi connectivity index (χ4n) is 2.07. The van der Waals surface area contributed by atoms with E-state index in [9.17, 15) is 9.59 Å². The van der Waals surface area contributed by atoms with Crippen LogP contribution in [0.4, 0.5) is 5.13 Å². The molecule has 0 aliphatic heterocycles. The number of carbonyl (C=O) groups is 2. The second-order valence-corrected chi connectivity index (χ2v) is 7.53. The number of furan rings is 1. The van der Waals surface area contributed by atoms with Crippen molar-refractivity contribution in [3.8, 4) is 0 Å². The maximum absolute atomic E-state index is 12.1. The summed E-state index contributed by atoms with van der Waals surface area (Å²) in [6.07, 6.45) is 1.41. The summed E-state index contributed by atoms with van der Waals surface area (Å²) >= 11 is 2.86. The molecule has 0 atom stereocenters. The number of benzene rings is 1. The lowest BCUT2D eigenvalue weighted by Crippen LogP contribution is -2.34. The number of nitrogens with zero attached hydrogens (tertiary/aromatic N) is 3. The van der Waals surface area contributed by atoms with Crippen LogP contribution in [0.3, 0.4) is 0 Å². The Bertz CT molecular complexity index is 865. The minimum Gasteiger partial charge on any atom is -0.459 e. The fraction of sp³-hybridized carbons (Fsp3) is 0.176. The highest BCUT2D eigenvalue weighted by Gasteiger charge is 2.18. The van der Waals surface area contributed by atoms with E-state index in [4.69, 9.17) is 4.42 Å². The highest BCUT2D eigenvalue weighted by Crippen LogP contribution is 2.28. The van der Waals surface area contributed by atoms with Crippen molar-refractivity contribution in [2.45, 2.75) is 10.1 Å². The first-order chi connectivity index (χ1) is 12.6. The molecule has 0 spiro atoms. The number of thioether (sulfide) groups is 1. The van der Waals surface area contributed by atoms with Crippen molar-refractivity contribution in [1.82, 2.24) is 15.1 Å². The average molecular weight is 388 g/mol. The van der Waals surface area contributed by atoms with E-state index in [0.29, 0.717) is 5.13 Å². The lowest BCUT2D eigenvalue weighted by molar-refractivity contribution is -0.116. The number of likely N-dealkylation sites (N-methyl/N-ethyl adjacent to an activating group) is 1. The first-order valence-corrected chi connectivity index (χ1v) is 9.51. The highest BCUT2D eigenvalue weighted by molar-refractivity contribution is 8.00. The third-order valence-corrected chi connectivity index (χ3v) is 5.36. The molecule has 0 bridgehead atoms. The number of anilines is 1. The lowest BCUT2D eigenvalue weighted by atomic mass is 10.2. The van der Waals surface area contributed by atoms with E-state index in [1.165, 1.54) is 35.1 Å². The molecule has 26 heavy (non-hydrogen) atoms. The van der Waals surface area contributed by atoms with Crippen molar-refractivity contribution in [3.05, 3.63) is 60.1 Å². The Kier molecular flexibility index (Phi) is 6.03. The number of hydrogen-bond donors (Lipinski definition) is 1. The Hall–Kier alpha value is -2.65. The molecule has 1 N–H and O–H groups in total. The van der Waals surface area contributed by atoms with Crippen LogP contribution in [0.2, 0.25) is 0 Å². The van der Waals surface area contributed by atoms with Crippen LogP contribution in [-0.2, 0) is 10.5 Å². The maximum Gasteiger partial charge on any atom is 0.289 e.